The Balaban J connectivity index is 1.17. The Morgan fingerprint density at radius 1 is 1.10 bits per heavy atom. The summed E-state index contributed by atoms with van der Waals surface area (Å²) in [4.78, 5) is 30.0. The first-order valence-electron chi connectivity index (χ1n) is 13.7. The molecule has 11 heteroatoms. The predicted octanol–water partition coefficient (Wildman–Crippen LogP) is 3.05. The number of aromatic nitrogens is 4. The molecule has 2 fully saturated rings. The summed E-state index contributed by atoms with van der Waals surface area (Å²) in [5.74, 6) is 1.59. The summed E-state index contributed by atoms with van der Waals surface area (Å²) >= 11 is 1.81. The van der Waals surface area contributed by atoms with Gasteiger partial charge in [-0.15, -0.1) is 11.3 Å². The standard InChI is InChI=1S/C29H34N8O2S/c1-2-26(38)30-8-3-4-9-35-10-12-36(13-11-35)20-21-18-25-27(40-21)29(37-14-16-39-17-15-37)33-28(32-25)22-6-5-7-24-23(22)19-31-34-24/h2-7,18-19H,1,8-17,20H2,(H,30,38)(H,31,34). The highest BCUT2D eigenvalue weighted by atomic mass is 32.1. The fourth-order valence-corrected chi connectivity index (χ4v) is 6.36. The zero-order chi connectivity index (χ0) is 27.3. The van der Waals surface area contributed by atoms with Gasteiger partial charge in [-0.1, -0.05) is 30.9 Å². The summed E-state index contributed by atoms with van der Waals surface area (Å²) < 4.78 is 6.78. The number of amides is 1. The number of piperazine rings is 1. The van der Waals surface area contributed by atoms with Gasteiger partial charge in [0.2, 0.25) is 5.91 Å². The van der Waals surface area contributed by atoms with Gasteiger partial charge in [-0.2, -0.15) is 5.10 Å². The molecule has 0 atom stereocenters. The van der Waals surface area contributed by atoms with Gasteiger partial charge >= 0.3 is 0 Å². The minimum atomic E-state index is -0.144. The smallest absolute Gasteiger partial charge is 0.243 e. The quantitative estimate of drug-likeness (QED) is 0.239. The summed E-state index contributed by atoms with van der Waals surface area (Å²) in [6.45, 7) is 12.9. The van der Waals surface area contributed by atoms with Crippen LogP contribution in [0.3, 0.4) is 0 Å². The van der Waals surface area contributed by atoms with E-state index in [9.17, 15) is 4.79 Å². The molecular formula is C29H34N8O2S. The first-order chi connectivity index (χ1) is 19.7. The molecule has 0 bridgehead atoms. The Hall–Kier alpha value is -3.64. The molecule has 2 saturated heterocycles. The fraction of sp³-hybridized carbons (Fsp3) is 0.379. The van der Waals surface area contributed by atoms with Crippen LogP contribution in [-0.2, 0) is 16.1 Å². The number of carbonyl (C=O) groups excluding carboxylic acids is 1. The van der Waals surface area contributed by atoms with Crippen molar-refractivity contribution in [2.75, 3.05) is 70.5 Å². The van der Waals surface area contributed by atoms with Gasteiger partial charge in [0.05, 0.1) is 35.1 Å². The van der Waals surface area contributed by atoms with E-state index in [2.05, 4.69) is 55.0 Å². The van der Waals surface area contributed by atoms with Gasteiger partial charge in [-0.25, -0.2) is 9.97 Å². The fourth-order valence-electron chi connectivity index (χ4n) is 5.20. The Bertz CT molecular complexity index is 1520. The molecular weight excluding hydrogens is 524 g/mol. The van der Waals surface area contributed by atoms with Crippen LogP contribution in [0.4, 0.5) is 5.82 Å². The number of aromatic amines is 1. The van der Waals surface area contributed by atoms with Crippen molar-refractivity contribution >= 4 is 44.2 Å². The number of rotatable bonds is 9. The number of nitrogens with zero attached hydrogens (tertiary/aromatic N) is 6. The average Bonchev–Trinajstić information content (AvgIpc) is 3.64. The van der Waals surface area contributed by atoms with Crippen LogP contribution in [0.2, 0.25) is 0 Å². The number of hydrogen-bond acceptors (Lipinski definition) is 9. The van der Waals surface area contributed by atoms with E-state index in [-0.39, 0.29) is 5.91 Å². The summed E-state index contributed by atoms with van der Waals surface area (Å²) in [5.41, 5.74) is 2.97. The Morgan fingerprint density at radius 2 is 1.93 bits per heavy atom. The minimum absolute atomic E-state index is 0.144. The van der Waals surface area contributed by atoms with E-state index in [0.717, 1.165) is 90.7 Å². The van der Waals surface area contributed by atoms with Crippen molar-refractivity contribution in [3.8, 4) is 11.4 Å². The normalized spacial score (nSPS) is 17.2. The molecule has 40 heavy (non-hydrogen) atoms. The molecule has 2 N–H and O–H groups in total. The van der Waals surface area contributed by atoms with Crippen molar-refractivity contribution in [3.05, 3.63) is 60.1 Å². The first-order valence-corrected chi connectivity index (χ1v) is 14.5. The van der Waals surface area contributed by atoms with Crippen LogP contribution in [0.5, 0.6) is 0 Å². The van der Waals surface area contributed by atoms with Gasteiger partial charge in [0, 0.05) is 74.7 Å². The maximum absolute atomic E-state index is 11.2. The Kier molecular flexibility index (Phi) is 8.14. The molecule has 5 heterocycles. The third-order valence-corrected chi connectivity index (χ3v) is 8.50. The minimum Gasteiger partial charge on any atom is -0.378 e. The molecule has 3 aromatic heterocycles. The van der Waals surface area contributed by atoms with Crippen LogP contribution in [0.15, 0.2) is 55.3 Å². The molecule has 0 spiro atoms. The molecule has 208 valence electrons. The predicted molar refractivity (Wildman–Crippen MR) is 160 cm³/mol. The van der Waals surface area contributed by atoms with Crippen LogP contribution >= 0.6 is 11.3 Å². The molecule has 10 nitrogen and oxygen atoms in total. The van der Waals surface area contributed by atoms with E-state index in [1.807, 2.05) is 35.7 Å². The van der Waals surface area contributed by atoms with E-state index in [1.54, 1.807) is 0 Å². The number of nitrogens with one attached hydrogen (secondary N) is 2. The number of morpholine rings is 1. The molecule has 1 amide bonds. The van der Waals surface area contributed by atoms with Crippen molar-refractivity contribution in [2.24, 2.45) is 0 Å². The molecule has 4 aromatic rings. The number of benzene rings is 1. The Morgan fingerprint density at radius 3 is 2.75 bits per heavy atom. The van der Waals surface area contributed by atoms with Crippen molar-refractivity contribution in [1.82, 2.24) is 35.3 Å². The highest BCUT2D eigenvalue weighted by Gasteiger charge is 2.22. The zero-order valence-corrected chi connectivity index (χ0v) is 23.3. The van der Waals surface area contributed by atoms with Crippen LogP contribution in [0.25, 0.3) is 32.5 Å². The van der Waals surface area contributed by atoms with Crippen molar-refractivity contribution in [3.63, 3.8) is 0 Å². The van der Waals surface area contributed by atoms with Gasteiger partial charge < -0.3 is 15.0 Å². The Labute approximate surface area is 237 Å². The van der Waals surface area contributed by atoms with Gasteiger partial charge in [0.1, 0.15) is 0 Å². The lowest BCUT2D eigenvalue weighted by atomic mass is 10.1. The third kappa shape index (κ3) is 5.92. The number of thiophene rings is 1. The summed E-state index contributed by atoms with van der Waals surface area (Å²) in [6, 6.07) is 8.36. The molecule has 0 aliphatic carbocycles. The third-order valence-electron chi connectivity index (χ3n) is 7.40. The highest BCUT2D eigenvalue weighted by molar-refractivity contribution is 7.19. The lowest BCUT2D eigenvalue weighted by Crippen LogP contribution is -2.45. The molecule has 0 saturated carbocycles. The van der Waals surface area contributed by atoms with Gasteiger partial charge in [-0.05, 0) is 18.2 Å². The van der Waals surface area contributed by atoms with E-state index in [1.165, 1.54) is 11.0 Å². The van der Waals surface area contributed by atoms with Crippen LogP contribution < -0.4 is 10.2 Å². The van der Waals surface area contributed by atoms with Crippen molar-refractivity contribution in [1.29, 1.82) is 0 Å². The SMILES string of the molecule is C=CC(=O)NCC=CCN1CCN(Cc2cc3nc(-c4cccc5[nH]ncc45)nc(N4CCOCC4)c3s2)CC1. The first kappa shape index (κ1) is 26.6. The number of H-pyrrole nitrogens is 1. The monoisotopic (exact) mass is 558 g/mol. The number of anilines is 1. The maximum atomic E-state index is 11.2. The number of fused-ring (bicyclic) bond motifs is 2. The van der Waals surface area contributed by atoms with Crippen LogP contribution in [0.1, 0.15) is 4.88 Å². The number of ether oxygens (including phenoxy) is 1. The molecule has 2 aliphatic rings. The van der Waals surface area contributed by atoms with Crippen molar-refractivity contribution < 1.29 is 9.53 Å². The summed E-state index contributed by atoms with van der Waals surface area (Å²) in [7, 11) is 0. The topological polar surface area (TPSA) is 103 Å². The second-order valence-corrected chi connectivity index (χ2v) is 11.2. The second-order valence-electron chi connectivity index (χ2n) is 10.0. The summed E-state index contributed by atoms with van der Waals surface area (Å²) in [6.07, 6.45) is 7.26. The van der Waals surface area contributed by atoms with E-state index in [4.69, 9.17) is 14.7 Å². The number of carbonyl (C=O) groups is 1. The van der Waals surface area contributed by atoms with E-state index < -0.39 is 0 Å². The van der Waals surface area contributed by atoms with Crippen LogP contribution in [-0.4, -0.2) is 101 Å². The summed E-state index contributed by atoms with van der Waals surface area (Å²) in [5, 5.41) is 11.1. The molecule has 1 aromatic carbocycles. The molecule has 0 radical (unpaired) electrons. The number of hydrogen-bond donors (Lipinski definition) is 2. The molecule has 0 unspecified atom stereocenters. The molecule has 2 aliphatic heterocycles. The lowest BCUT2D eigenvalue weighted by Gasteiger charge is -2.33. The van der Waals surface area contributed by atoms with Gasteiger partial charge in [0.25, 0.3) is 0 Å². The van der Waals surface area contributed by atoms with E-state index in [0.29, 0.717) is 19.8 Å². The second kappa shape index (κ2) is 12.3. The van der Waals surface area contributed by atoms with Crippen LogP contribution in [0, 0.1) is 0 Å². The average molecular weight is 559 g/mol. The highest BCUT2D eigenvalue weighted by Crippen LogP contribution is 2.36. The van der Waals surface area contributed by atoms with E-state index >= 15 is 0 Å². The maximum Gasteiger partial charge on any atom is 0.243 e. The largest absolute Gasteiger partial charge is 0.378 e. The van der Waals surface area contributed by atoms with Gasteiger partial charge in [-0.3, -0.25) is 19.7 Å². The molecule has 6 rings (SSSR count). The van der Waals surface area contributed by atoms with Crippen molar-refractivity contribution in [2.45, 2.75) is 6.54 Å². The zero-order valence-electron chi connectivity index (χ0n) is 22.5. The lowest BCUT2D eigenvalue weighted by molar-refractivity contribution is -0.116. The van der Waals surface area contributed by atoms with Gasteiger partial charge in [0.15, 0.2) is 11.6 Å².